The van der Waals surface area contributed by atoms with E-state index in [0.717, 1.165) is 16.7 Å². The SMILES string of the molecule is Cc1cc(NC(=O)CCNS(=O)(=O)/C=C/c2ccccc2)n[nH]1. The van der Waals surface area contributed by atoms with Gasteiger partial charge in [0.15, 0.2) is 5.82 Å². The predicted octanol–water partition coefficient (Wildman–Crippen LogP) is 1.64. The number of benzene rings is 1. The molecule has 0 saturated carbocycles. The van der Waals surface area contributed by atoms with Gasteiger partial charge in [0.25, 0.3) is 0 Å². The third kappa shape index (κ3) is 6.05. The van der Waals surface area contributed by atoms with E-state index in [9.17, 15) is 13.2 Å². The molecule has 0 aliphatic rings. The van der Waals surface area contributed by atoms with Gasteiger partial charge in [0.05, 0.1) is 0 Å². The van der Waals surface area contributed by atoms with Crippen molar-refractivity contribution in [3.05, 3.63) is 53.1 Å². The van der Waals surface area contributed by atoms with Crippen LogP contribution in [0.4, 0.5) is 5.82 Å². The van der Waals surface area contributed by atoms with Gasteiger partial charge in [0, 0.05) is 30.1 Å². The zero-order chi connectivity index (χ0) is 16.7. The number of sulfonamides is 1. The van der Waals surface area contributed by atoms with Crippen LogP contribution >= 0.6 is 0 Å². The van der Waals surface area contributed by atoms with Gasteiger partial charge < -0.3 is 5.32 Å². The Morgan fingerprint density at radius 2 is 2.04 bits per heavy atom. The van der Waals surface area contributed by atoms with E-state index in [0.29, 0.717) is 5.82 Å². The number of carbonyl (C=O) groups is 1. The van der Waals surface area contributed by atoms with Crippen LogP contribution in [0.1, 0.15) is 17.7 Å². The quantitative estimate of drug-likeness (QED) is 0.716. The minimum Gasteiger partial charge on any atom is -0.309 e. The lowest BCUT2D eigenvalue weighted by atomic mass is 10.2. The summed E-state index contributed by atoms with van der Waals surface area (Å²) in [5, 5.41) is 10.2. The van der Waals surface area contributed by atoms with Gasteiger partial charge in [0.2, 0.25) is 15.9 Å². The van der Waals surface area contributed by atoms with E-state index in [2.05, 4.69) is 20.2 Å². The molecule has 1 aromatic carbocycles. The number of aryl methyl sites for hydroxylation is 1. The number of hydrogen-bond acceptors (Lipinski definition) is 4. The van der Waals surface area contributed by atoms with Crippen LogP contribution in [-0.2, 0) is 14.8 Å². The molecule has 0 aliphatic heterocycles. The highest BCUT2D eigenvalue weighted by Gasteiger charge is 2.08. The number of carbonyl (C=O) groups excluding carboxylic acids is 1. The number of nitrogens with one attached hydrogen (secondary N) is 3. The van der Waals surface area contributed by atoms with E-state index in [-0.39, 0.29) is 18.9 Å². The summed E-state index contributed by atoms with van der Waals surface area (Å²) in [6.45, 7) is 1.83. The Balaban J connectivity index is 1.78. The van der Waals surface area contributed by atoms with Crippen molar-refractivity contribution >= 4 is 27.8 Å². The minimum absolute atomic E-state index is 0.0106. The average molecular weight is 334 g/mol. The molecule has 0 spiro atoms. The van der Waals surface area contributed by atoms with Gasteiger partial charge in [-0.1, -0.05) is 30.3 Å². The molecule has 0 fully saturated rings. The van der Waals surface area contributed by atoms with Crippen molar-refractivity contribution in [2.24, 2.45) is 0 Å². The molecule has 122 valence electrons. The Labute approximate surface area is 134 Å². The highest BCUT2D eigenvalue weighted by atomic mass is 32.2. The Morgan fingerprint density at radius 1 is 1.30 bits per heavy atom. The monoisotopic (exact) mass is 334 g/mol. The molecule has 0 radical (unpaired) electrons. The topological polar surface area (TPSA) is 104 Å². The number of amides is 1. The Bertz CT molecular complexity index is 782. The van der Waals surface area contributed by atoms with E-state index in [1.54, 1.807) is 18.2 Å². The third-order valence-electron chi connectivity index (χ3n) is 2.87. The summed E-state index contributed by atoms with van der Waals surface area (Å²) in [5.74, 6) is 0.102. The van der Waals surface area contributed by atoms with Crippen LogP contribution in [0.5, 0.6) is 0 Å². The lowest BCUT2D eigenvalue weighted by Crippen LogP contribution is -2.26. The summed E-state index contributed by atoms with van der Waals surface area (Å²) in [7, 11) is -3.58. The van der Waals surface area contributed by atoms with Gasteiger partial charge in [-0.15, -0.1) is 0 Å². The normalized spacial score (nSPS) is 11.7. The van der Waals surface area contributed by atoms with E-state index >= 15 is 0 Å². The highest BCUT2D eigenvalue weighted by Crippen LogP contribution is 2.04. The summed E-state index contributed by atoms with van der Waals surface area (Å²) >= 11 is 0. The van der Waals surface area contributed by atoms with Crippen molar-refractivity contribution in [2.45, 2.75) is 13.3 Å². The molecule has 0 unspecified atom stereocenters. The van der Waals surface area contributed by atoms with Gasteiger partial charge in [-0.05, 0) is 18.6 Å². The highest BCUT2D eigenvalue weighted by molar-refractivity contribution is 7.92. The first-order valence-electron chi connectivity index (χ1n) is 6.99. The van der Waals surface area contributed by atoms with E-state index in [1.165, 1.54) is 6.08 Å². The number of rotatable bonds is 7. The van der Waals surface area contributed by atoms with Crippen LogP contribution in [-0.4, -0.2) is 31.1 Å². The summed E-state index contributed by atoms with van der Waals surface area (Å²) in [6.07, 6.45) is 1.51. The minimum atomic E-state index is -3.58. The van der Waals surface area contributed by atoms with Gasteiger partial charge in [0.1, 0.15) is 0 Å². The molecule has 0 saturated heterocycles. The van der Waals surface area contributed by atoms with Crippen LogP contribution in [0.3, 0.4) is 0 Å². The summed E-state index contributed by atoms with van der Waals surface area (Å²) in [6, 6.07) is 10.8. The maximum absolute atomic E-state index is 11.8. The zero-order valence-electron chi connectivity index (χ0n) is 12.6. The summed E-state index contributed by atoms with van der Waals surface area (Å²) in [4.78, 5) is 11.7. The predicted molar refractivity (Wildman–Crippen MR) is 89.0 cm³/mol. The number of H-pyrrole nitrogens is 1. The molecule has 7 nitrogen and oxygen atoms in total. The molecular weight excluding hydrogens is 316 g/mol. The number of nitrogens with zero attached hydrogens (tertiary/aromatic N) is 1. The summed E-state index contributed by atoms with van der Waals surface area (Å²) in [5.41, 5.74) is 1.61. The number of aromatic amines is 1. The standard InChI is InChI=1S/C15H18N4O3S/c1-12-11-14(19-18-12)17-15(20)7-9-16-23(21,22)10-8-13-5-3-2-4-6-13/h2-6,8,10-11,16H,7,9H2,1H3,(H2,17,18,19,20)/b10-8+. The van der Waals surface area contributed by atoms with Crippen molar-refractivity contribution in [1.82, 2.24) is 14.9 Å². The fourth-order valence-electron chi connectivity index (χ4n) is 1.77. The first-order valence-corrected chi connectivity index (χ1v) is 8.54. The van der Waals surface area contributed by atoms with Crippen LogP contribution in [0.25, 0.3) is 6.08 Å². The second-order valence-electron chi connectivity index (χ2n) is 4.89. The fourth-order valence-corrected chi connectivity index (χ4v) is 2.59. The van der Waals surface area contributed by atoms with Crippen LogP contribution in [0.2, 0.25) is 0 Å². The number of aromatic nitrogens is 2. The molecule has 0 bridgehead atoms. The molecule has 1 heterocycles. The van der Waals surface area contributed by atoms with E-state index < -0.39 is 10.0 Å². The Hall–Kier alpha value is -2.45. The van der Waals surface area contributed by atoms with Gasteiger partial charge in [-0.25, -0.2) is 13.1 Å². The molecule has 23 heavy (non-hydrogen) atoms. The van der Waals surface area contributed by atoms with Crippen LogP contribution < -0.4 is 10.0 Å². The lowest BCUT2D eigenvalue weighted by Gasteiger charge is -2.03. The van der Waals surface area contributed by atoms with Crippen LogP contribution in [0.15, 0.2) is 41.8 Å². The van der Waals surface area contributed by atoms with Crippen molar-refractivity contribution in [1.29, 1.82) is 0 Å². The van der Waals surface area contributed by atoms with Gasteiger partial charge >= 0.3 is 0 Å². The largest absolute Gasteiger partial charge is 0.309 e. The molecule has 1 amide bonds. The Kier molecular flexibility index (Phi) is 5.67. The van der Waals surface area contributed by atoms with E-state index in [1.807, 2.05) is 25.1 Å². The first-order chi connectivity index (χ1) is 10.9. The van der Waals surface area contributed by atoms with Crippen molar-refractivity contribution in [3.63, 3.8) is 0 Å². The van der Waals surface area contributed by atoms with Gasteiger partial charge in [-0.2, -0.15) is 5.10 Å². The maximum atomic E-state index is 11.8. The Morgan fingerprint density at radius 3 is 2.70 bits per heavy atom. The first kappa shape index (κ1) is 16.9. The second-order valence-corrected chi connectivity index (χ2v) is 6.54. The molecule has 8 heteroatoms. The van der Waals surface area contributed by atoms with E-state index in [4.69, 9.17) is 0 Å². The number of hydrogen-bond donors (Lipinski definition) is 3. The third-order valence-corrected chi connectivity index (χ3v) is 3.97. The molecular formula is C15H18N4O3S. The molecule has 2 rings (SSSR count). The zero-order valence-corrected chi connectivity index (χ0v) is 13.4. The number of anilines is 1. The summed E-state index contributed by atoms with van der Waals surface area (Å²) < 4.78 is 25.9. The molecule has 2 aromatic rings. The van der Waals surface area contributed by atoms with Crippen molar-refractivity contribution in [3.8, 4) is 0 Å². The smallest absolute Gasteiger partial charge is 0.233 e. The van der Waals surface area contributed by atoms with Crippen molar-refractivity contribution in [2.75, 3.05) is 11.9 Å². The second kappa shape index (κ2) is 7.70. The molecule has 1 aromatic heterocycles. The van der Waals surface area contributed by atoms with Gasteiger partial charge in [-0.3, -0.25) is 9.89 Å². The van der Waals surface area contributed by atoms with Crippen LogP contribution in [0, 0.1) is 6.92 Å². The molecule has 0 aliphatic carbocycles. The molecule has 3 N–H and O–H groups in total. The fraction of sp³-hybridized carbons (Fsp3) is 0.200. The lowest BCUT2D eigenvalue weighted by molar-refractivity contribution is -0.116. The maximum Gasteiger partial charge on any atom is 0.233 e. The molecule has 0 atom stereocenters. The average Bonchev–Trinajstić information content (AvgIpc) is 2.91. The van der Waals surface area contributed by atoms with Crippen molar-refractivity contribution < 1.29 is 13.2 Å².